The van der Waals surface area contributed by atoms with Gasteiger partial charge in [-0.15, -0.1) is 0 Å². The fraction of sp³-hybridized carbons (Fsp3) is 0.600. The molecule has 2 aliphatic rings. The zero-order valence-electron chi connectivity index (χ0n) is 11.2. The fourth-order valence-electron chi connectivity index (χ4n) is 2.87. The lowest BCUT2D eigenvalue weighted by molar-refractivity contribution is 0.389. The first kappa shape index (κ1) is 12.3. The lowest BCUT2D eigenvalue weighted by atomic mass is 10.1. The van der Waals surface area contributed by atoms with Crippen LogP contribution in [0.1, 0.15) is 26.7 Å². The number of benzene rings is 1. The number of anilines is 1. The average Bonchev–Trinajstić information content (AvgIpc) is 3.08. The Labute approximate surface area is 114 Å². The molecule has 3 heteroatoms. The SMILES string of the molecule is CC1(C)CN(c2ccccc2Cl)CC2(CC2)CN1. The van der Waals surface area contributed by atoms with E-state index in [9.17, 15) is 0 Å². The third-order valence-corrected chi connectivity index (χ3v) is 4.52. The van der Waals surface area contributed by atoms with E-state index in [2.05, 4.69) is 36.2 Å². The fourth-order valence-corrected chi connectivity index (χ4v) is 3.12. The molecule has 1 aliphatic heterocycles. The van der Waals surface area contributed by atoms with E-state index in [1.54, 1.807) is 0 Å². The monoisotopic (exact) mass is 264 g/mol. The normalized spacial score (nSPS) is 24.9. The highest BCUT2D eigenvalue weighted by molar-refractivity contribution is 6.33. The maximum absolute atomic E-state index is 6.36. The number of para-hydroxylation sites is 1. The molecular formula is C15H21ClN2. The van der Waals surface area contributed by atoms with Gasteiger partial charge >= 0.3 is 0 Å². The average molecular weight is 265 g/mol. The molecule has 1 aromatic carbocycles. The van der Waals surface area contributed by atoms with Crippen LogP contribution in [0.25, 0.3) is 0 Å². The summed E-state index contributed by atoms with van der Waals surface area (Å²) >= 11 is 6.36. The predicted molar refractivity (Wildman–Crippen MR) is 77.4 cm³/mol. The highest BCUT2D eigenvalue weighted by atomic mass is 35.5. The molecule has 1 N–H and O–H groups in total. The molecule has 1 aromatic rings. The molecule has 1 aliphatic carbocycles. The van der Waals surface area contributed by atoms with Crippen molar-refractivity contribution in [2.45, 2.75) is 32.2 Å². The van der Waals surface area contributed by atoms with Gasteiger partial charge in [-0.25, -0.2) is 0 Å². The third-order valence-electron chi connectivity index (χ3n) is 4.20. The highest BCUT2D eigenvalue weighted by Gasteiger charge is 2.47. The summed E-state index contributed by atoms with van der Waals surface area (Å²) in [6.07, 6.45) is 2.69. The Kier molecular flexibility index (Phi) is 2.83. The molecule has 1 saturated heterocycles. The summed E-state index contributed by atoms with van der Waals surface area (Å²) in [4.78, 5) is 2.47. The number of nitrogens with one attached hydrogen (secondary N) is 1. The molecule has 2 nitrogen and oxygen atoms in total. The largest absolute Gasteiger partial charge is 0.368 e. The Morgan fingerprint density at radius 3 is 2.56 bits per heavy atom. The van der Waals surface area contributed by atoms with Crippen LogP contribution in [0.3, 0.4) is 0 Å². The number of hydrogen-bond acceptors (Lipinski definition) is 2. The molecule has 0 amide bonds. The second-order valence-electron chi connectivity index (χ2n) is 6.54. The molecule has 0 radical (unpaired) electrons. The molecule has 1 spiro atoms. The van der Waals surface area contributed by atoms with Crippen molar-refractivity contribution in [1.29, 1.82) is 0 Å². The van der Waals surface area contributed by atoms with Crippen molar-refractivity contribution in [2.24, 2.45) is 5.41 Å². The molecular weight excluding hydrogens is 244 g/mol. The quantitative estimate of drug-likeness (QED) is 0.837. The van der Waals surface area contributed by atoms with Crippen molar-refractivity contribution in [1.82, 2.24) is 5.32 Å². The van der Waals surface area contributed by atoms with Crippen molar-refractivity contribution >= 4 is 17.3 Å². The smallest absolute Gasteiger partial charge is 0.0639 e. The van der Waals surface area contributed by atoms with Crippen LogP contribution in [-0.4, -0.2) is 25.2 Å². The van der Waals surface area contributed by atoms with Gasteiger partial charge in [-0.05, 0) is 38.8 Å². The van der Waals surface area contributed by atoms with E-state index < -0.39 is 0 Å². The van der Waals surface area contributed by atoms with Gasteiger partial charge in [0.25, 0.3) is 0 Å². The van der Waals surface area contributed by atoms with Gasteiger partial charge in [-0.2, -0.15) is 0 Å². The zero-order chi connectivity index (χ0) is 12.8. The van der Waals surface area contributed by atoms with Gasteiger partial charge in [-0.1, -0.05) is 23.7 Å². The Hall–Kier alpha value is -0.730. The lowest BCUT2D eigenvalue weighted by Gasteiger charge is -2.32. The molecule has 0 atom stereocenters. The first-order chi connectivity index (χ1) is 8.50. The van der Waals surface area contributed by atoms with E-state index in [1.807, 2.05) is 12.1 Å². The second kappa shape index (κ2) is 4.14. The van der Waals surface area contributed by atoms with Gasteiger partial charge in [0.05, 0.1) is 10.7 Å². The van der Waals surface area contributed by atoms with E-state index in [0.29, 0.717) is 5.41 Å². The van der Waals surface area contributed by atoms with Crippen LogP contribution in [0.5, 0.6) is 0 Å². The number of halogens is 1. The van der Waals surface area contributed by atoms with E-state index in [-0.39, 0.29) is 5.54 Å². The Morgan fingerprint density at radius 1 is 1.17 bits per heavy atom. The van der Waals surface area contributed by atoms with E-state index in [1.165, 1.54) is 18.5 Å². The van der Waals surface area contributed by atoms with Gasteiger partial charge in [0.1, 0.15) is 0 Å². The summed E-state index contributed by atoms with van der Waals surface area (Å²) in [5.41, 5.74) is 1.82. The van der Waals surface area contributed by atoms with Crippen LogP contribution < -0.4 is 10.2 Å². The van der Waals surface area contributed by atoms with E-state index in [0.717, 1.165) is 24.7 Å². The number of rotatable bonds is 1. The minimum Gasteiger partial charge on any atom is -0.368 e. The maximum atomic E-state index is 6.36. The second-order valence-corrected chi connectivity index (χ2v) is 6.95. The van der Waals surface area contributed by atoms with Gasteiger partial charge in [0.2, 0.25) is 0 Å². The zero-order valence-corrected chi connectivity index (χ0v) is 11.9. The third kappa shape index (κ3) is 2.36. The summed E-state index contributed by atoms with van der Waals surface area (Å²) in [5, 5.41) is 4.57. The minimum absolute atomic E-state index is 0.144. The van der Waals surface area contributed by atoms with Crippen LogP contribution >= 0.6 is 11.6 Å². The molecule has 0 aromatic heterocycles. The van der Waals surface area contributed by atoms with Crippen LogP contribution in [-0.2, 0) is 0 Å². The summed E-state index contributed by atoms with van der Waals surface area (Å²) in [6.45, 7) is 7.84. The summed E-state index contributed by atoms with van der Waals surface area (Å²) in [7, 11) is 0. The maximum Gasteiger partial charge on any atom is 0.0639 e. The van der Waals surface area contributed by atoms with E-state index >= 15 is 0 Å². The Morgan fingerprint density at radius 2 is 1.89 bits per heavy atom. The van der Waals surface area contributed by atoms with E-state index in [4.69, 9.17) is 11.6 Å². The summed E-state index contributed by atoms with van der Waals surface area (Å²) in [5.74, 6) is 0. The summed E-state index contributed by atoms with van der Waals surface area (Å²) in [6, 6.07) is 8.20. The summed E-state index contributed by atoms with van der Waals surface area (Å²) < 4.78 is 0. The van der Waals surface area contributed by atoms with Crippen LogP contribution in [0.2, 0.25) is 5.02 Å². The lowest BCUT2D eigenvalue weighted by Crippen LogP contribution is -2.46. The molecule has 2 fully saturated rings. The molecule has 1 heterocycles. The van der Waals surface area contributed by atoms with Crippen molar-refractivity contribution in [2.75, 3.05) is 24.5 Å². The number of nitrogens with zero attached hydrogens (tertiary/aromatic N) is 1. The molecule has 1 saturated carbocycles. The Bertz CT molecular complexity index is 444. The number of hydrogen-bond donors (Lipinski definition) is 1. The first-order valence-corrected chi connectivity index (χ1v) is 7.12. The van der Waals surface area contributed by atoms with Crippen molar-refractivity contribution < 1.29 is 0 Å². The molecule has 18 heavy (non-hydrogen) atoms. The minimum atomic E-state index is 0.144. The topological polar surface area (TPSA) is 15.3 Å². The van der Waals surface area contributed by atoms with Crippen molar-refractivity contribution in [3.05, 3.63) is 29.3 Å². The van der Waals surface area contributed by atoms with Crippen molar-refractivity contribution in [3.63, 3.8) is 0 Å². The highest BCUT2D eigenvalue weighted by Crippen LogP contribution is 2.48. The van der Waals surface area contributed by atoms with Gasteiger partial charge in [0.15, 0.2) is 0 Å². The predicted octanol–water partition coefficient (Wildman–Crippen LogP) is 3.31. The first-order valence-electron chi connectivity index (χ1n) is 6.74. The van der Waals surface area contributed by atoms with Gasteiger partial charge in [-0.3, -0.25) is 0 Å². The van der Waals surface area contributed by atoms with Crippen LogP contribution in [0.4, 0.5) is 5.69 Å². The van der Waals surface area contributed by atoms with Crippen molar-refractivity contribution in [3.8, 4) is 0 Å². The van der Waals surface area contributed by atoms with Gasteiger partial charge < -0.3 is 10.2 Å². The molecule has 0 unspecified atom stereocenters. The standard InChI is InChI=1S/C15H21ClN2/c1-14(2)10-18(11-15(7-8-15)9-17-14)13-6-4-3-5-12(13)16/h3-6,17H,7-11H2,1-2H3. The molecule has 0 bridgehead atoms. The van der Waals surface area contributed by atoms with Crippen LogP contribution in [0.15, 0.2) is 24.3 Å². The molecule has 3 rings (SSSR count). The van der Waals surface area contributed by atoms with Crippen LogP contribution in [0, 0.1) is 5.41 Å². The Balaban J connectivity index is 1.92. The molecule has 98 valence electrons. The van der Waals surface area contributed by atoms with Gasteiger partial charge in [0, 0.05) is 30.6 Å².